The maximum Gasteiger partial charge on any atom is 0.222 e. The number of pyridine rings is 1. The highest BCUT2D eigenvalue weighted by atomic mass is 19.1. The van der Waals surface area contributed by atoms with Gasteiger partial charge >= 0.3 is 0 Å². The number of benzene rings is 1. The van der Waals surface area contributed by atoms with Crippen LogP contribution >= 0.6 is 0 Å². The fraction of sp³-hybridized carbons (Fsp3) is 0.435. The summed E-state index contributed by atoms with van der Waals surface area (Å²) in [7, 11) is 0. The molecule has 1 aliphatic heterocycles. The highest BCUT2D eigenvalue weighted by Gasteiger charge is 2.20. The van der Waals surface area contributed by atoms with Crippen molar-refractivity contribution < 1.29 is 9.18 Å². The fourth-order valence-electron chi connectivity index (χ4n) is 3.95. The third-order valence-corrected chi connectivity index (χ3v) is 5.76. The first kappa shape index (κ1) is 19.6. The van der Waals surface area contributed by atoms with Gasteiger partial charge in [-0.15, -0.1) is 0 Å². The van der Waals surface area contributed by atoms with Gasteiger partial charge in [0.05, 0.1) is 6.54 Å². The second-order valence-electron chi connectivity index (χ2n) is 8.00. The monoisotopic (exact) mass is 394 g/mol. The molecular weight excluding hydrogens is 367 g/mol. The summed E-state index contributed by atoms with van der Waals surface area (Å²) in [6, 6.07) is 10.3. The van der Waals surface area contributed by atoms with Gasteiger partial charge in [0.15, 0.2) is 5.65 Å². The van der Waals surface area contributed by atoms with Crippen molar-refractivity contribution in [3.63, 3.8) is 0 Å². The standard InChI is InChI=1S/C23H27FN4O/c1-17-11-14-27(15-12-17)22(29)6-2-5-21-26-20-4-3-13-25-23(20)28(21)16-18-7-9-19(24)10-8-18/h3-4,7-10,13,17H,2,5-6,11-12,14-16H2,1H3. The number of amides is 1. The molecule has 1 aromatic carbocycles. The van der Waals surface area contributed by atoms with E-state index in [4.69, 9.17) is 4.98 Å². The zero-order chi connectivity index (χ0) is 20.2. The van der Waals surface area contributed by atoms with E-state index in [0.717, 1.165) is 60.8 Å². The van der Waals surface area contributed by atoms with Crippen molar-refractivity contribution in [2.45, 2.75) is 45.6 Å². The number of hydrogen-bond acceptors (Lipinski definition) is 3. The number of aromatic nitrogens is 3. The Kier molecular flexibility index (Phi) is 5.88. The van der Waals surface area contributed by atoms with Gasteiger partial charge in [-0.25, -0.2) is 14.4 Å². The third kappa shape index (κ3) is 4.63. The van der Waals surface area contributed by atoms with E-state index in [1.807, 2.05) is 17.0 Å². The lowest BCUT2D eigenvalue weighted by molar-refractivity contribution is -0.132. The SMILES string of the molecule is CC1CCN(C(=O)CCCc2nc3cccnc3n2Cc2ccc(F)cc2)CC1. The highest BCUT2D eigenvalue weighted by Crippen LogP contribution is 2.20. The molecule has 0 spiro atoms. The Morgan fingerprint density at radius 1 is 1.17 bits per heavy atom. The van der Waals surface area contributed by atoms with E-state index >= 15 is 0 Å². The number of carbonyl (C=O) groups excluding carboxylic acids is 1. The molecule has 3 aromatic rings. The van der Waals surface area contributed by atoms with Crippen molar-refractivity contribution >= 4 is 17.1 Å². The number of hydrogen-bond donors (Lipinski definition) is 0. The zero-order valence-electron chi connectivity index (χ0n) is 16.9. The predicted molar refractivity (Wildman–Crippen MR) is 111 cm³/mol. The Hall–Kier alpha value is -2.76. The quantitative estimate of drug-likeness (QED) is 0.630. The highest BCUT2D eigenvalue weighted by molar-refractivity contribution is 5.76. The molecule has 2 aromatic heterocycles. The first-order valence-corrected chi connectivity index (χ1v) is 10.4. The van der Waals surface area contributed by atoms with E-state index in [9.17, 15) is 9.18 Å². The first-order chi connectivity index (χ1) is 14.1. The lowest BCUT2D eigenvalue weighted by Gasteiger charge is -2.30. The maximum atomic E-state index is 13.2. The third-order valence-electron chi connectivity index (χ3n) is 5.76. The van der Waals surface area contributed by atoms with Crippen LogP contribution in [-0.4, -0.2) is 38.4 Å². The molecule has 29 heavy (non-hydrogen) atoms. The van der Waals surface area contributed by atoms with Gasteiger partial charge in [0.1, 0.15) is 17.2 Å². The molecule has 5 nitrogen and oxygen atoms in total. The van der Waals surface area contributed by atoms with Gasteiger partial charge in [-0.3, -0.25) is 4.79 Å². The number of carbonyl (C=O) groups is 1. The lowest BCUT2D eigenvalue weighted by atomic mass is 9.99. The van der Waals surface area contributed by atoms with Crippen LogP contribution in [0, 0.1) is 11.7 Å². The molecule has 4 rings (SSSR count). The van der Waals surface area contributed by atoms with Crippen LogP contribution in [0.5, 0.6) is 0 Å². The molecule has 0 saturated carbocycles. The summed E-state index contributed by atoms with van der Waals surface area (Å²) in [6.45, 7) is 4.60. The molecule has 1 saturated heterocycles. The largest absolute Gasteiger partial charge is 0.343 e. The smallest absolute Gasteiger partial charge is 0.222 e. The number of fused-ring (bicyclic) bond motifs is 1. The molecule has 1 fully saturated rings. The minimum Gasteiger partial charge on any atom is -0.343 e. The number of likely N-dealkylation sites (tertiary alicyclic amines) is 1. The van der Waals surface area contributed by atoms with Gasteiger partial charge < -0.3 is 9.47 Å². The predicted octanol–water partition coefficient (Wildman–Crippen LogP) is 4.20. The molecule has 3 heterocycles. The summed E-state index contributed by atoms with van der Waals surface area (Å²) < 4.78 is 15.3. The van der Waals surface area contributed by atoms with Crippen LogP contribution in [0.1, 0.15) is 44.0 Å². The summed E-state index contributed by atoms with van der Waals surface area (Å²) in [6.07, 6.45) is 5.98. The molecule has 1 amide bonds. The van der Waals surface area contributed by atoms with Crippen molar-refractivity contribution in [1.29, 1.82) is 0 Å². The number of aryl methyl sites for hydroxylation is 1. The summed E-state index contributed by atoms with van der Waals surface area (Å²) in [5, 5.41) is 0. The van der Waals surface area contributed by atoms with E-state index in [1.54, 1.807) is 18.3 Å². The van der Waals surface area contributed by atoms with Gasteiger partial charge in [-0.2, -0.15) is 0 Å². The molecule has 0 aliphatic carbocycles. The molecule has 6 heteroatoms. The number of rotatable bonds is 6. The Balaban J connectivity index is 1.45. The number of halogens is 1. The van der Waals surface area contributed by atoms with Crippen LogP contribution in [-0.2, 0) is 17.8 Å². The number of piperidine rings is 1. The van der Waals surface area contributed by atoms with Gasteiger partial charge in [-0.05, 0) is 55.0 Å². The lowest BCUT2D eigenvalue weighted by Crippen LogP contribution is -2.37. The molecular formula is C23H27FN4O. The van der Waals surface area contributed by atoms with Crippen LogP contribution < -0.4 is 0 Å². The van der Waals surface area contributed by atoms with Gasteiger partial charge in [-0.1, -0.05) is 19.1 Å². The van der Waals surface area contributed by atoms with E-state index in [-0.39, 0.29) is 11.7 Å². The zero-order valence-corrected chi connectivity index (χ0v) is 16.9. The molecule has 152 valence electrons. The average molecular weight is 394 g/mol. The maximum absolute atomic E-state index is 13.2. The second kappa shape index (κ2) is 8.72. The van der Waals surface area contributed by atoms with Gasteiger partial charge in [0, 0.05) is 32.1 Å². The van der Waals surface area contributed by atoms with Crippen LogP contribution in [0.15, 0.2) is 42.6 Å². The Bertz CT molecular complexity index is 974. The van der Waals surface area contributed by atoms with Crippen molar-refractivity contribution in [2.75, 3.05) is 13.1 Å². The summed E-state index contributed by atoms with van der Waals surface area (Å²) in [5.74, 6) is 1.64. The first-order valence-electron chi connectivity index (χ1n) is 10.4. The molecule has 0 bridgehead atoms. The van der Waals surface area contributed by atoms with Gasteiger partial charge in [0.2, 0.25) is 5.91 Å². The minimum absolute atomic E-state index is 0.242. The number of nitrogens with zero attached hydrogens (tertiary/aromatic N) is 4. The Morgan fingerprint density at radius 2 is 1.93 bits per heavy atom. The normalized spacial score (nSPS) is 15.2. The van der Waals surface area contributed by atoms with Crippen LogP contribution in [0.4, 0.5) is 4.39 Å². The van der Waals surface area contributed by atoms with Crippen molar-refractivity contribution in [3.8, 4) is 0 Å². The number of imidazole rings is 1. The van der Waals surface area contributed by atoms with E-state index in [2.05, 4.69) is 16.5 Å². The van der Waals surface area contributed by atoms with Crippen molar-refractivity contribution in [2.24, 2.45) is 5.92 Å². The van der Waals surface area contributed by atoms with Crippen molar-refractivity contribution in [3.05, 3.63) is 59.8 Å². The Morgan fingerprint density at radius 3 is 2.69 bits per heavy atom. The average Bonchev–Trinajstić information content (AvgIpc) is 3.07. The van der Waals surface area contributed by atoms with E-state index in [0.29, 0.717) is 19.4 Å². The molecule has 0 unspecified atom stereocenters. The van der Waals surface area contributed by atoms with Crippen LogP contribution in [0.3, 0.4) is 0 Å². The van der Waals surface area contributed by atoms with Crippen molar-refractivity contribution in [1.82, 2.24) is 19.4 Å². The van der Waals surface area contributed by atoms with E-state index < -0.39 is 0 Å². The topological polar surface area (TPSA) is 51.0 Å². The summed E-state index contributed by atoms with van der Waals surface area (Å²) in [5.41, 5.74) is 2.67. The molecule has 1 aliphatic rings. The molecule has 0 atom stereocenters. The molecule has 0 radical (unpaired) electrons. The fourth-order valence-corrected chi connectivity index (χ4v) is 3.95. The second-order valence-corrected chi connectivity index (χ2v) is 8.00. The van der Waals surface area contributed by atoms with Crippen LogP contribution in [0.2, 0.25) is 0 Å². The van der Waals surface area contributed by atoms with E-state index in [1.165, 1.54) is 12.1 Å². The minimum atomic E-state index is -0.242. The van der Waals surface area contributed by atoms with Crippen LogP contribution in [0.25, 0.3) is 11.2 Å². The Labute approximate surface area is 170 Å². The summed E-state index contributed by atoms with van der Waals surface area (Å²) >= 11 is 0. The summed E-state index contributed by atoms with van der Waals surface area (Å²) in [4.78, 5) is 23.8. The molecule has 0 N–H and O–H groups in total. The van der Waals surface area contributed by atoms with Gasteiger partial charge in [0.25, 0.3) is 0 Å².